The Balaban J connectivity index is 1.56. The van der Waals surface area contributed by atoms with Crippen molar-refractivity contribution in [2.24, 2.45) is 0 Å². The van der Waals surface area contributed by atoms with Gasteiger partial charge in [0.05, 0.1) is 12.5 Å². The van der Waals surface area contributed by atoms with Crippen LogP contribution in [0.25, 0.3) is 0 Å². The Hall–Kier alpha value is -1.88. The summed E-state index contributed by atoms with van der Waals surface area (Å²) in [7, 11) is 0. The largest absolute Gasteiger partial charge is 0.350 e. The predicted molar refractivity (Wildman–Crippen MR) is 80.8 cm³/mol. The predicted octanol–water partition coefficient (Wildman–Crippen LogP) is 1.41. The van der Waals surface area contributed by atoms with Crippen LogP contribution in [0.5, 0.6) is 0 Å². The summed E-state index contributed by atoms with van der Waals surface area (Å²) in [5.41, 5.74) is 0.759. The molecular weight excluding hydrogens is 266 g/mol. The van der Waals surface area contributed by atoms with Crippen LogP contribution in [0, 0.1) is 0 Å². The Morgan fingerprint density at radius 2 is 1.86 bits per heavy atom. The van der Waals surface area contributed by atoms with E-state index >= 15 is 0 Å². The van der Waals surface area contributed by atoms with Gasteiger partial charge in [-0.3, -0.25) is 9.59 Å². The Bertz CT molecular complexity index is 518. The second kappa shape index (κ2) is 6.26. The molecule has 2 fully saturated rings. The average molecular weight is 287 g/mol. The highest BCUT2D eigenvalue weighted by atomic mass is 16.2. The van der Waals surface area contributed by atoms with Crippen molar-refractivity contribution < 1.29 is 9.59 Å². The normalized spacial score (nSPS) is 28.4. The van der Waals surface area contributed by atoms with E-state index in [1.165, 1.54) is 12.8 Å². The Labute approximate surface area is 124 Å². The van der Waals surface area contributed by atoms with Gasteiger partial charge in [-0.2, -0.15) is 0 Å². The number of hydrogen-bond acceptors (Lipinski definition) is 3. The highest BCUT2D eigenvalue weighted by Gasteiger charge is 2.36. The van der Waals surface area contributed by atoms with Gasteiger partial charge in [0.2, 0.25) is 11.8 Å². The highest BCUT2D eigenvalue weighted by Crippen LogP contribution is 2.22. The van der Waals surface area contributed by atoms with Gasteiger partial charge in [-0.25, -0.2) is 0 Å². The van der Waals surface area contributed by atoms with E-state index in [0.29, 0.717) is 6.04 Å². The average Bonchev–Trinajstić information content (AvgIpc) is 2.49. The molecule has 1 saturated heterocycles. The molecule has 3 N–H and O–H groups in total. The van der Waals surface area contributed by atoms with Gasteiger partial charge < -0.3 is 16.0 Å². The van der Waals surface area contributed by atoms with Gasteiger partial charge in [0.1, 0.15) is 0 Å². The number of anilines is 1. The summed E-state index contributed by atoms with van der Waals surface area (Å²) in [6.45, 7) is 0. The Morgan fingerprint density at radius 1 is 1.14 bits per heavy atom. The van der Waals surface area contributed by atoms with Gasteiger partial charge in [0, 0.05) is 17.8 Å². The van der Waals surface area contributed by atoms with Crippen LogP contribution in [0.3, 0.4) is 0 Å². The second-order valence-electron chi connectivity index (χ2n) is 5.84. The molecule has 1 heterocycles. The molecule has 21 heavy (non-hydrogen) atoms. The molecule has 3 atom stereocenters. The van der Waals surface area contributed by atoms with Crippen LogP contribution in [-0.2, 0) is 9.59 Å². The lowest BCUT2D eigenvalue weighted by molar-refractivity contribution is -0.129. The number of carbonyl (C=O) groups is 2. The number of rotatable bonds is 3. The summed E-state index contributed by atoms with van der Waals surface area (Å²) in [4.78, 5) is 24.1. The lowest BCUT2D eigenvalue weighted by Crippen LogP contribution is -2.65. The first kappa shape index (κ1) is 14.1. The van der Waals surface area contributed by atoms with Crippen LogP contribution in [0.15, 0.2) is 30.3 Å². The maximum Gasteiger partial charge on any atom is 0.237 e. The lowest BCUT2D eigenvalue weighted by Gasteiger charge is -2.40. The summed E-state index contributed by atoms with van der Waals surface area (Å²) in [6.07, 6.45) is 4.63. The van der Waals surface area contributed by atoms with Crippen molar-refractivity contribution in [3.63, 3.8) is 0 Å². The lowest BCUT2D eigenvalue weighted by atomic mass is 9.87. The highest BCUT2D eigenvalue weighted by molar-refractivity contribution is 5.95. The van der Waals surface area contributed by atoms with Gasteiger partial charge in [0.25, 0.3) is 0 Å². The van der Waals surface area contributed by atoms with Crippen molar-refractivity contribution in [2.75, 3.05) is 5.32 Å². The Morgan fingerprint density at radius 3 is 2.62 bits per heavy atom. The van der Waals surface area contributed by atoms with Crippen molar-refractivity contribution in [3.8, 4) is 0 Å². The first-order chi connectivity index (χ1) is 10.2. The van der Waals surface area contributed by atoms with Gasteiger partial charge in [0.15, 0.2) is 0 Å². The molecule has 2 aliphatic rings. The standard InChI is InChI=1S/C16H21N3O2/c20-15(17-11-6-2-1-3-7-11)10-14-16(21)19-13-9-5-4-8-12(13)18-14/h1-3,6-7,12-14,18H,4-5,8-10H2,(H,17,20)(H,19,21)/t12-,13+,14+/m0/s1. The first-order valence-electron chi connectivity index (χ1n) is 7.64. The van der Waals surface area contributed by atoms with E-state index in [1.807, 2.05) is 30.3 Å². The van der Waals surface area contributed by atoms with E-state index in [4.69, 9.17) is 0 Å². The minimum Gasteiger partial charge on any atom is -0.350 e. The topological polar surface area (TPSA) is 70.2 Å². The third-order valence-corrected chi connectivity index (χ3v) is 4.27. The summed E-state index contributed by atoms with van der Waals surface area (Å²) < 4.78 is 0. The second-order valence-corrected chi connectivity index (χ2v) is 5.84. The summed E-state index contributed by atoms with van der Waals surface area (Å²) in [6, 6.07) is 9.43. The molecule has 0 aromatic heterocycles. The van der Waals surface area contributed by atoms with E-state index in [2.05, 4.69) is 16.0 Å². The number of nitrogens with one attached hydrogen (secondary N) is 3. The van der Waals surface area contributed by atoms with E-state index in [-0.39, 0.29) is 24.3 Å². The fourth-order valence-electron chi connectivity index (χ4n) is 3.19. The number of hydrogen-bond donors (Lipinski definition) is 3. The van der Waals surface area contributed by atoms with Crippen molar-refractivity contribution in [2.45, 2.75) is 50.2 Å². The van der Waals surface area contributed by atoms with Crippen molar-refractivity contribution in [1.29, 1.82) is 0 Å². The Kier molecular flexibility index (Phi) is 4.20. The van der Waals surface area contributed by atoms with Crippen LogP contribution in [0.4, 0.5) is 5.69 Å². The molecule has 0 unspecified atom stereocenters. The van der Waals surface area contributed by atoms with Crippen LogP contribution >= 0.6 is 0 Å². The molecule has 1 aliphatic heterocycles. The van der Waals surface area contributed by atoms with E-state index < -0.39 is 6.04 Å². The van der Waals surface area contributed by atoms with Crippen LogP contribution in [0.2, 0.25) is 0 Å². The number of para-hydroxylation sites is 1. The third-order valence-electron chi connectivity index (χ3n) is 4.27. The zero-order chi connectivity index (χ0) is 14.7. The van der Waals surface area contributed by atoms with Crippen molar-refractivity contribution >= 4 is 17.5 Å². The van der Waals surface area contributed by atoms with Gasteiger partial charge in [-0.15, -0.1) is 0 Å². The SMILES string of the molecule is O=C(C[C@H]1N[C@H]2CCCC[C@H]2NC1=O)Nc1ccccc1. The van der Waals surface area contributed by atoms with Gasteiger partial charge in [-0.05, 0) is 25.0 Å². The van der Waals surface area contributed by atoms with Crippen molar-refractivity contribution in [1.82, 2.24) is 10.6 Å². The minimum atomic E-state index is -0.423. The van der Waals surface area contributed by atoms with Crippen LogP contribution < -0.4 is 16.0 Å². The number of fused-ring (bicyclic) bond motifs is 1. The fourth-order valence-corrected chi connectivity index (χ4v) is 3.19. The van der Waals surface area contributed by atoms with Crippen LogP contribution in [0.1, 0.15) is 32.1 Å². The van der Waals surface area contributed by atoms with Crippen molar-refractivity contribution in [3.05, 3.63) is 30.3 Å². The molecule has 1 saturated carbocycles. The summed E-state index contributed by atoms with van der Waals surface area (Å²) >= 11 is 0. The maximum atomic E-state index is 12.1. The third kappa shape index (κ3) is 3.42. The molecule has 0 radical (unpaired) electrons. The molecule has 1 aromatic carbocycles. The zero-order valence-corrected chi connectivity index (χ0v) is 12.0. The molecule has 5 nitrogen and oxygen atoms in total. The van der Waals surface area contributed by atoms with Gasteiger partial charge in [-0.1, -0.05) is 31.0 Å². The molecule has 112 valence electrons. The molecule has 1 aliphatic carbocycles. The molecule has 2 amide bonds. The van der Waals surface area contributed by atoms with Gasteiger partial charge >= 0.3 is 0 Å². The molecule has 1 aromatic rings. The molecular formula is C16H21N3O2. The van der Waals surface area contributed by atoms with E-state index in [9.17, 15) is 9.59 Å². The monoisotopic (exact) mass is 287 g/mol. The van der Waals surface area contributed by atoms with E-state index in [1.54, 1.807) is 0 Å². The zero-order valence-electron chi connectivity index (χ0n) is 12.0. The minimum absolute atomic E-state index is 0.0543. The molecule has 5 heteroatoms. The quantitative estimate of drug-likeness (QED) is 0.787. The summed E-state index contributed by atoms with van der Waals surface area (Å²) in [5, 5.41) is 9.23. The van der Waals surface area contributed by atoms with Crippen LogP contribution in [-0.4, -0.2) is 29.9 Å². The summed E-state index contributed by atoms with van der Waals surface area (Å²) in [5.74, 6) is -0.190. The fraction of sp³-hybridized carbons (Fsp3) is 0.500. The molecule has 0 bridgehead atoms. The first-order valence-corrected chi connectivity index (χ1v) is 7.64. The number of benzene rings is 1. The number of carbonyl (C=O) groups excluding carboxylic acids is 2. The molecule has 3 rings (SSSR count). The number of piperazine rings is 1. The number of amides is 2. The smallest absolute Gasteiger partial charge is 0.237 e. The molecule has 0 spiro atoms. The van der Waals surface area contributed by atoms with E-state index in [0.717, 1.165) is 18.5 Å². The maximum absolute atomic E-state index is 12.1.